The first-order chi connectivity index (χ1) is 14.0. The molecule has 0 radical (unpaired) electrons. The molecule has 0 saturated heterocycles. The second kappa shape index (κ2) is 24.2. The maximum atomic E-state index is 10.1. The van der Waals surface area contributed by atoms with Crippen LogP contribution in [0.15, 0.2) is 0 Å². The first kappa shape index (κ1) is 31.1. The molecule has 178 valence electrons. The molecule has 0 heterocycles. The summed E-state index contributed by atoms with van der Waals surface area (Å²) in [6.45, 7) is 11.6. The number of hydrogen-bond acceptors (Lipinski definition) is 1. The van der Waals surface area contributed by atoms with Gasteiger partial charge >= 0.3 is 117 Å². The Kier molecular flexibility index (Phi) is 25.9. The van der Waals surface area contributed by atoms with E-state index in [1.165, 1.54) is 83.5 Å². The Morgan fingerprint density at radius 3 is 1.14 bits per heavy atom. The van der Waals surface area contributed by atoms with Crippen LogP contribution < -0.4 is 0 Å². The first-order valence-corrected chi connectivity index (χ1v) is 16.1. The number of aliphatic carboxylic acids is 1. The summed E-state index contributed by atoms with van der Waals surface area (Å²) in [4.78, 5) is 10.1. The molecule has 3 heteroatoms. The van der Waals surface area contributed by atoms with Gasteiger partial charge in [-0.1, -0.05) is 45.4 Å². The van der Waals surface area contributed by atoms with E-state index in [4.69, 9.17) is 5.11 Å². The van der Waals surface area contributed by atoms with Gasteiger partial charge in [0.2, 0.25) is 0 Å². The van der Waals surface area contributed by atoms with Gasteiger partial charge < -0.3 is 5.11 Å². The third-order valence-corrected chi connectivity index (χ3v) is 11.9. The summed E-state index contributed by atoms with van der Waals surface area (Å²) in [7, 11) is -0.879. The Morgan fingerprint density at radius 1 is 0.517 bits per heavy atom. The molecule has 0 fully saturated rings. The summed E-state index contributed by atoms with van der Waals surface area (Å²) in [6, 6.07) is 0. The van der Waals surface area contributed by atoms with E-state index in [9.17, 15) is 4.79 Å². The number of carbonyl (C=O) groups is 1. The molecule has 2 nitrogen and oxygen atoms in total. The predicted molar refractivity (Wildman–Crippen MR) is 138 cm³/mol. The summed E-state index contributed by atoms with van der Waals surface area (Å²) in [6.07, 6.45) is 26.8. The summed E-state index contributed by atoms with van der Waals surface area (Å²) in [5.41, 5.74) is 0. The second-order valence-electron chi connectivity index (χ2n) is 9.18. The van der Waals surface area contributed by atoms with Gasteiger partial charge in [0.25, 0.3) is 0 Å². The van der Waals surface area contributed by atoms with Crippen LogP contribution >= 0.6 is 7.26 Å². The Hall–Kier alpha value is -0.100. The van der Waals surface area contributed by atoms with E-state index in [2.05, 4.69) is 34.6 Å². The van der Waals surface area contributed by atoms with Crippen LogP contribution in [0.1, 0.15) is 137 Å². The molecular formula is C26H57O2P. The van der Waals surface area contributed by atoms with Gasteiger partial charge in [-0.2, -0.15) is 0 Å². The minimum absolute atomic E-state index is 0.341. The van der Waals surface area contributed by atoms with Crippen molar-refractivity contribution >= 4 is 13.2 Å². The second-order valence-corrected chi connectivity index (χ2v) is 14.2. The van der Waals surface area contributed by atoms with Crippen LogP contribution in [0.25, 0.3) is 0 Å². The number of carboxylic acids is 1. The van der Waals surface area contributed by atoms with E-state index in [-0.39, 0.29) is 0 Å². The average molecular weight is 433 g/mol. The van der Waals surface area contributed by atoms with Crippen molar-refractivity contribution in [3.05, 3.63) is 0 Å². The number of hydrogen-bond donors (Lipinski definition) is 1. The topological polar surface area (TPSA) is 37.3 Å². The van der Waals surface area contributed by atoms with E-state index in [0.717, 1.165) is 12.8 Å². The fourth-order valence-electron chi connectivity index (χ4n) is 4.19. The molecule has 0 aliphatic carbocycles. The monoisotopic (exact) mass is 432 g/mol. The van der Waals surface area contributed by atoms with Gasteiger partial charge in [0.05, 0.1) is 0 Å². The quantitative estimate of drug-likeness (QED) is 0.154. The molecule has 0 amide bonds. The summed E-state index contributed by atoms with van der Waals surface area (Å²) in [5.74, 6) is -0.663. The van der Waals surface area contributed by atoms with Gasteiger partial charge in [-0.05, 0) is 6.42 Å². The van der Waals surface area contributed by atoms with Crippen molar-refractivity contribution in [3.63, 3.8) is 0 Å². The van der Waals surface area contributed by atoms with Crippen molar-refractivity contribution < 1.29 is 9.90 Å². The van der Waals surface area contributed by atoms with Crippen molar-refractivity contribution in [2.24, 2.45) is 0 Å². The fraction of sp³-hybridized carbons (Fsp3) is 0.962. The van der Waals surface area contributed by atoms with Crippen molar-refractivity contribution in [2.75, 3.05) is 24.6 Å². The van der Waals surface area contributed by atoms with Crippen molar-refractivity contribution in [1.82, 2.24) is 0 Å². The standard InChI is InChI=1S/C16H37P.C10H20O2/c1-5-9-13-17(14-10-6-2,15-11-7-3)16-12-8-4;1-2-3-4-5-6-7-8-9-10(11)12/h17H,5-16H2,1-4H3;2-9H2,1H3,(H,11,12). The zero-order chi connectivity index (χ0) is 22.2. The molecule has 0 saturated carbocycles. The third kappa shape index (κ3) is 22.4. The molecule has 0 aromatic rings. The van der Waals surface area contributed by atoms with Crippen LogP contribution in [-0.4, -0.2) is 35.7 Å². The van der Waals surface area contributed by atoms with E-state index in [1.807, 2.05) is 0 Å². The number of carboxylic acid groups (broad SMARTS) is 1. The van der Waals surface area contributed by atoms with Crippen LogP contribution in [0.3, 0.4) is 0 Å². The molecule has 0 spiro atoms. The zero-order valence-electron chi connectivity index (χ0n) is 21.0. The van der Waals surface area contributed by atoms with Gasteiger partial charge in [-0.3, -0.25) is 4.79 Å². The summed E-state index contributed by atoms with van der Waals surface area (Å²) < 4.78 is 0. The van der Waals surface area contributed by atoms with E-state index in [1.54, 1.807) is 24.6 Å². The maximum absolute atomic E-state index is 10.1. The molecule has 0 aliphatic heterocycles. The molecule has 0 aliphatic rings. The molecule has 0 unspecified atom stereocenters. The summed E-state index contributed by atoms with van der Waals surface area (Å²) in [5, 5.41) is 8.35. The Balaban J connectivity index is 0. The molecule has 0 atom stereocenters. The van der Waals surface area contributed by atoms with Crippen LogP contribution in [0.2, 0.25) is 0 Å². The van der Waals surface area contributed by atoms with Crippen molar-refractivity contribution in [3.8, 4) is 0 Å². The molecule has 29 heavy (non-hydrogen) atoms. The number of rotatable bonds is 20. The normalized spacial score (nSPS) is 11.8. The summed E-state index contributed by atoms with van der Waals surface area (Å²) >= 11 is 0. The van der Waals surface area contributed by atoms with Gasteiger partial charge in [0.1, 0.15) is 0 Å². The number of unbranched alkanes of at least 4 members (excludes halogenated alkanes) is 10. The molecule has 0 aromatic heterocycles. The third-order valence-electron chi connectivity index (χ3n) is 6.24. The molecular weight excluding hydrogens is 375 g/mol. The Morgan fingerprint density at radius 2 is 0.828 bits per heavy atom. The first-order valence-electron chi connectivity index (χ1n) is 13.2. The van der Waals surface area contributed by atoms with Crippen LogP contribution in [0.5, 0.6) is 0 Å². The SMILES string of the molecule is CCCCCCCCCC(=O)O.CCCC[PH](CCCC)(CCCC)CCCC. The van der Waals surface area contributed by atoms with Crippen LogP contribution in [0.4, 0.5) is 0 Å². The van der Waals surface area contributed by atoms with E-state index >= 15 is 0 Å². The van der Waals surface area contributed by atoms with E-state index < -0.39 is 13.2 Å². The van der Waals surface area contributed by atoms with Crippen molar-refractivity contribution in [2.45, 2.75) is 137 Å². The molecule has 0 aromatic carbocycles. The van der Waals surface area contributed by atoms with Gasteiger partial charge in [0.15, 0.2) is 0 Å². The Bertz CT molecular complexity index is 293. The predicted octanol–water partition coefficient (Wildman–Crippen LogP) is 9.15. The van der Waals surface area contributed by atoms with E-state index in [0.29, 0.717) is 6.42 Å². The van der Waals surface area contributed by atoms with Gasteiger partial charge in [-0.25, -0.2) is 0 Å². The molecule has 1 N–H and O–H groups in total. The van der Waals surface area contributed by atoms with Gasteiger partial charge in [0, 0.05) is 6.42 Å². The molecule has 0 rings (SSSR count). The average Bonchev–Trinajstić information content (AvgIpc) is 2.72. The molecule has 0 bridgehead atoms. The minimum atomic E-state index is -0.879. The van der Waals surface area contributed by atoms with Crippen LogP contribution in [-0.2, 0) is 4.79 Å². The van der Waals surface area contributed by atoms with Crippen molar-refractivity contribution in [1.29, 1.82) is 0 Å². The fourth-order valence-corrected chi connectivity index (χ4v) is 10.1. The zero-order valence-corrected chi connectivity index (χ0v) is 22.0. The van der Waals surface area contributed by atoms with Crippen LogP contribution in [0, 0.1) is 0 Å². The Labute approximate surface area is 185 Å². The van der Waals surface area contributed by atoms with Gasteiger partial charge in [-0.15, -0.1) is 0 Å².